The van der Waals surface area contributed by atoms with E-state index in [-0.39, 0.29) is 17.4 Å². The Labute approximate surface area is 111 Å². The van der Waals surface area contributed by atoms with Crippen molar-refractivity contribution in [3.05, 3.63) is 49.8 Å². The molecule has 1 aromatic rings. The molecule has 0 bridgehead atoms. The summed E-state index contributed by atoms with van der Waals surface area (Å²) in [6, 6.07) is 8.25. The molecule has 0 atom stereocenters. The number of hydrogen-bond donors (Lipinski definition) is 0. The maximum Gasteiger partial charge on any atom is 0.122 e. The molecule has 0 unspecified atom stereocenters. The van der Waals surface area contributed by atoms with Crippen LogP contribution in [0.15, 0.2) is 24.3 Å². The Morgan fingerprint density at radius 1 is 0.941 bits per heavy atom. The fourth-order valence-corrected chi connectivity index (χ4v) is 1.30. The van der Waals surface area contributed by atoms with Gasteiger partial charge in [-0.15, -0.1) is 0 Å². The summed E-state index contributed by atoms with van der Waals surface area (Å²) in [5, 5.41) is 0. The minimum atomic E-state index is 0. The third kappa shape index (κ3) is 8.57. The summed E-state index contributed by atoms with van der Waals surface area (Å²) in [5.74, 6) is 1.08. The Morgan fingerprint density at radius 2 is 1.47 bits per heavy atom. The molecule has 88 valence electrons. The van der Waals surface area contributed by atoms with E-state index in [0.717, 1.165) is 18.8 Å². The monoisotopic (exact) mass is 270 g/mol. The summed E-state index contributed by atoms with van der Waals surface area (Å²) in [6.07, 6.45) is 2.34. The van der Waals surface area contributed by atoms with Gasteiger partial charge in [0, 0.05) is 17.4 Å². The first kappa shape index (κ1) is 21.1. The maximum absolute atomic E-state index is 7.50. The molecule has 1 heterocycles. The van der Waals surface area contributed by atoms with E-state index in [0.29, 0.717) is 0 Å². The van der Waals surface area contributed by atoms with Gasteiger partial charge >= 0.3 is 33.9 Å². The Kier molecular flexibility index (Phi) is 21.3. The van der Waals surface area contributed by atoms with Crippen LogP contribution in [-0.4, -0.2) is 6.61 Å². The number of hydrogen-bond acceptors (Lipinski definition) is 1. The van der Waals surface area contributed by atoms with Crippen LogP contribution in [0.3, 0.4) is 0 Å². The Balaban J connectivity index is -0.000000248. The number of ether oxygens (including phenoxy) is 1. The van der Waals surface area contributed by atoms with Crippen LogP contribution in [0.2, 0.25) is 0 Å². The van der Waals surface area contributed by atoms with Gasteiger partial charge in [0.2, 0.25) is 0 Å². The molecule has 1 aliphatic rings. The standard InChI is InChI=1S/C9H10O.3CO.Cr/c1-2-6-9-8(4-1)5-3-7-10-9;3*1-2;/h1-2,4,6H,3,5,7H2;;;;. The van der Waals surface area contributed by atoms with Gasteiger partial charge in [-0.05, 0) is 24.5 Å². The van der Waals surface area contributed by atoms with Gasteiger partial charge < -0.3 is 4.74 Å². The SMILES string of the molecule is [C-]#[O+].[C-]#[O+].[C-]#[O+].[Cr].c1ccc2c(c1)CCCO2. The molecule has 5 heteroatoms. The molecule has 0 amide bonds. The number of aryl methyl sites for hydroxylation is 1. The summed E-state index contributed by atoms with van der Waals surface area (Å²) in [4.78, 5) is 0. The molecule has 17 heavy (non-hydrogen) atoms. The summed E-state index contributed by atoms with van der Waals surface area (Å²) in [5.41, 5.74) is 1.36. The van der Waals surface area contributed by atoms with Crippen LogP contribution in [0.5, 0.6) is 5.75 Å². The van der Waals surface area contributed by atoms with Gasteiger partial charge in [0.25, 0.3) is 0 Å². The van der Waals surface area contributed by atoms with Crippen molar-refractivity contribution in [2.75, 3.05) is 6.61 Å². The number of rotatable bonds is 0. The van der Waals surface area contributed by atoms with Crippen molar-refractivity contribution in [1.82, 2.24) is 0 Å². The van der Waals surface area contributed by atoms with Gasteiger partial charge in [-0.2, -0.15) is 0 Å². The zero-order chi connectivity index (χ0) is 12.8. The van der Waals surface area contributed by atoms with Crippen LogP contribution in [0.25, 0.3) is 0 Å². The second-order valence-electron chi connectivity index (χ2n) is 2.56. The van der Waals surface area contributed by atoms with E-state index >= 15 is 0 Å². The van der Waals surface area contributed by atoms with Gasteiger partial charge in [-0.3, -0.25) is 0 Å². The molecule has 1 aromatic carbocycles. The number of fused-ring (bicyclic) bond motifs is 1. The normalized spacial score (nSPS) is 9.53. The van der Waals surface area contributed by atoms with Crippen molar-refractivity contribution in [2.45, 2.75) is 12.8 Å². The zero-order valence-electron chi connectivity index (χ0n) is 8.97. The predicted octanol–water partition coefficient (Wildman–Crippen LogP) is 1.90. The molecule has 0 spiro atoms. The third-order valence-electron chi connectivity index (χ3n) is 1.82. The predicted molar refractivity (Wildman–Crippen MR) is 52.0 cm³/mol. The first-order valence-electron chi connectivity index (χ1n) is 4.29. The second kappa shape index (κ2) is 17.2. The van der Waals surface area contributed by atoms with Crippen LogP contribution in [0, 0.1) is 20.0 Å². The van der Waals surface area contributed by atoms with Crippen LogP contribution in [0.1, 0.15) is 12.0 Å². The van der Waals surface area contributed by atoms with E-state index in [1.54, 1.807) is 0 Å². The van der Waals surface area contributed by atoms with Crippen molar-refractivity contribution < 1.29 is 36.1 Å². The molecule has 0 aromatic heterocycles. The first-order valence-corrected chi connectivity index (χ1v) is 4.29. The maximum atomic E-state index is 7.50. The van der Waals surface area contributed by atoms with Gasteiger partial charge in [0.05, 0.1) is 6.61 Å². The molecule has 0 saturated heterocycles. The van der Waals surface area contributed by atoms with E-state index in [2.05, 4.69) is 32.1 Å². The molecule has 0 N–H and O–H groups in total. The van der Waals surface area contributed by atoms with E-state index < -0.39 is 0 Å². The van der Waals surface area contributed by atoms with Crippen LogP contribution in [-0.2, 0) is 37.7 Å². The Hall–Kier alpha value is -1.23. The van der Waals surface area contributed by atoms with E-state index in [4.69, 9.17) is 18.7 Å². The molecule has 0 saturated carbocycles. The molecule has 4 nitrogen and oxygen atoms in total. The van der Waals surface area contributed by atoms with E-state index in [1.165, 1.54) is 12.0 Å². The summed E-state index contributed by atoms with van der Waals surface area (Å²) >= 11 is 0. The van der Waals surface area contributed by atoms with Gasteiger partial charge in [-0.25, -0.2) is 0 Å². The molecule has 1 aliphatic heterocycles. The molecule has 0 fully saturated rings. The van der Waals surface area contributed by atoms with Crippen LogP contribution in [0.4, 0.5) is 0 Å². The Morgan fingerprint density at radius 3 is 2.00 bits per heavy atom. The smallest absolute Gasteiger partial charge is 0.122 e. The topological polar surface area (TPSA) is 68.9 Å². The zero-order valence-corrected chi connectivity index (χ0v) is 10.2. The van der Waals surface area contributed by atoms with Crippen molar-refractivity contribution in [3.63, 3.8) is 0 Å². The average molecular weight is 270 g/mol. The van der Waals surface area contributed by atoms with Crippen molar-refractivity contribution >= 4 is 0 Å². The average Bonchev–Trinajstić information content (AvgIpc) is 2.45. The van der Waals surface area contributed by atoms with Gasteiger partial charge in [0.1, 0.15) is 5.75 Å². The minimum Gasteiger partial charge on any atom is -0.493 e. The summed E-state index contributed by atoms with van der Waals surface area (Å²) in [6.45, 7) is 14.4. The molecular weight excluding hydrogens is 260 g/mol. The molecule has 2 rings (SSSR count). The van der Waals surface area contributed by atoms with Crippen LogP contribution >= 0.6 is 0 Å². The largest absolute Gasteiger partial charge is 0.493 e. The van der Waals surface area contributed by atoms with Crippen molar-refractivity contribution in [1.29, 1.82) is 0 Å². The second-order valence-corrected chi connectivity index (χ2v) is 2.56. The van der Waals surface area contributed by atoms with E-state index in [1.807, 2.05) is 12.1 Å². The minimum absolute atomic E-state index is 0. The van der Waals surface area contributed by atoms with Gasteiger partial charge in [0.15, 0.2) is 0 Å². The first-order chi connectivity index (χ1) is 7.97. The van der Waals surface area contributed by atoms with E-state index in [9.17, 15) is 0 Å². The fourth-order valence-electron chi connectivity index (χ4n) is 1.30. The van der Waals surface area contributed by atoms with Crippen LogP contribution < -0.4 is 4.74 Å². The fraction of sp³-hybridized carbons (Fsp3) is 0.250. The molecule has 0 aliphatic carbocycles. The van der Waals surface area contributed by atoms with Crippen molar-refractivity contribution in [3.8, 4) is 5.75 Å². The third-order valence-corrected chi connectivity index (χ3v) is 1.82. The summed E-state index contributed by atoms with van der Waals surface area (Å²) < 4.78 is 27.9. The Bertz CT molecular complexity index is 305. The number of para-hydroxylation sites is 1. The summed E-state index contributed by atoms with van der Waals surface area (Å²) in [7, 11) is 0. The quantitative estimate of drug-likeness (QED) is 0.524. The van der Waals surface area contributed by atoms with Crippen molar-refractivity contribution in [2.24, 2.45) is 0 Å². The molecular formula is C12H10CrO4. The molecule has 0 radical (unpaired) electrons. The number of benzene rings is 1. The van der Waals surface area contributed by atoms with Gasteiger partial charge in [-0.1, -0.05) is 18.2 Å².